The molecule has 1 amide bonds. The lowest BCUT2D eigenvalue weighted by Crippen LogP contribution is -2.43. The average Bonchev–Trinajstić information content (AvgIpc) is 2.94. The van der Waals surface area contributed by atoms with Crippen molar-refractivity contribution < 1.29 is 14.3 Å². The lowest BCUT2D eigenvalue weighted by molar-refractivity contribution is 0.0988. The summed E-state index contributed by atoms with van der Waals surface area (Å²) in [4.78, 5) is 34.4. The molecule has 1 aliphatic rings. The highest BCUT2D eigenvalue weighted by Gasteiger charge is 2.16. The number of ether oxygens (including phenoxy) is 1. The number of likely N-dealkylation sites (N-methyl/N-ethyl adjacent to an activating group) is 1. The predicted molar refractivity (Wildman–Crippen MR) is 155 cm³/mol. The highest BCUT2D eigenvalue weighted by molar-refractivity contribution is 6.08. The van der Waals surface area contributed by atoms with Crippen LogP contribution in [0.4, 0.5) is 5.82 Å². The molecule has 3 aromatic carbocycles. The molecule has 0 bridgehead atoms. The molecule has 39 heavy (non-hydrogen) atoms. The maximum atomic E-state index is 13.0. The second kappa shape index (κ2) is 11.8. The summed E-state index contributed by atoms with van der Waals surface area (Å²) in [5.41, 5.74) is 3.66. The molecule has 1 aliphatic heterocycles. The highest BCUT2D eigenvalue weighted by Crippen LogP contribution is 2.29. The molecule has 4 aromatic rings. The molecule has 200 valence electrons. The van der Waals surface area contributed by atoms with Crippen LogP contribution in [0, 0.1) is 6.92 Å². The Balaban J connectivity index is 1.25. The maximum Gasteiger partial charge on any atom is 0.256 e. The van der Waals surface area contributed by atoms with Crippen molar-refractivity contribution in [1.29, 1.82) is 0 Å². The molecule has 0 unspecified atom stereocenters. The number of Topliss-reactive ketones (excluding diaryl/α,β-unsaturated/α-hetero) is 1. The number of aryl methyl sites for hydroxylation is 1. The van der Waals surface area contributed by atoms with Gasteiger partial charge >= 0.3 is 0 Å². The molecule has 2 heterocycles. The standard InChI is InChI=1S/C32H34N4O3/c1-4-30(37)29-7-5-6-23-19-26(10-11-28(23)29)39-27-12-13-33-31(20-27)34-32(38)24-8-9-25(22(2)18-24)21-36-16-14-35(3)15-17-36/h5-13,18-20H,4,14-17,21H2,1-3H3,(H,33,34,38). The minimum absolute atomic E-state index is 0.114. The number of hydrogen-bond acceptors (Lipinski definition) is 6. The first kappa shape index (κ1) is 26.5. The van der Waals surface area contributed by atoms with Crippen LogP contribution in [0.25, 0.3) is 10.8 Å². The van der Waals surface area contributed by atoms with Crippen molar-refractivity contribution in [2.45, 2.75) is 26.8 Å². The summed E-state index contributed by atoms with van der Waals surface area (Å²) in [6.07, 6.45) is 2.07. The Labute approximate surface area is 229 Å². The van der Waals surface area contributed by atoms with Gasteiger partial charge < -0.3 is 15.0 Å². The molecule has 0 atom stereocenters. The summed E-state index contributed by atoms with van der Waals surface area (Å²) in [6.45, 7) is 9.09. The zero-order valence-corrected chi connectivity index (χ0v) is 22.7. The van der Waals surface area contributed by atoms with Gasteiger partial charge in [-0.15, -0.1) is 0 Å². The Morgan fingerprint density at radius 3 is 2.51 bits per heavy atom. The summed E-state index contributed by atoms with van der Waals surface area (Å²) in [6, 6.07) is 20.7. The maximum absolute atomic E-state index is 13.0. The molecule has 7 nitrogen and oxygen atoms in total. The van der Waals surface area contributed by atoms with Gasteiger partial charge in [0, 0.05) is 62.5 Å². The number of benzene rings is 3. The second-order valence-corrected chi connectivity index (χ2v) is 10.1. The number of rotatable bonds is 8. The molecule has 5 rings (SSSR count). The van der Waals surface area contributed by atoms with E-state index in [1.54, 1.807) is 18.3 Å². The fourth-order valence-electron chi connectivity index (χ4n) is 4.89. The third-order valence-corrected chi connectivity index (χ3v) is 7.28. The van der Waals surface area contributed by atoms with Crippen molar-refractivity contribution in [2.75, 3.05) is 38.5 Å². The molecule has 0 saturated carbocycles. The van der Waals surface area contributed by atoms with Crippen LogP contribution in [-0.2, 0) is 6.54 Å². The topological polar surface area (TPSA) is 74.8 Å². The minimum atomic E-state index is -0.215. The average molecular weight is 523 g/mol. The van der Waals surface area contributed by atoms with Crippen LogP contribution in [0.1, 0.15) is 45.2 Å². The first-order valence-corrected chi connectivity index (χ1v) is 13.4. The fraction of sp³-hybridized carbons (Fsp3) is 0.281. The van der Waals surface area contributed by atoms with E-state index >= 15 is 0 Å². The van der Waals surface area contributed by atoms with Crippen LogP contribution in [0.5, 0.6) is 11.5 Å². The van der Waals surface area contributed by atoms with Gasteiger partial charge in [0.15, 0.2) is 5.78 Å². The number of aromatic nitrogens is 1. The monoisotopic (exact) mass is 522 g/mol. The summed E-state index contributed by atoms with van der Waals surface area (Å²) in [5.74, 6) is 1.50. The molecule has 0 radical (unpaired) electrons. The number of anilines is 1. The Morgan fingerprint density at radius 2 is 1.74 bits per heavy atom. The van der Waals surface area contributed by atoms with Crippen molar-refractivity contribution in [2.24, 2.45) is 0 Å². The highest BCUT2D eigenvalue weighted by atomic mass is 16.5. The molecule has 1 N–H and O–H groups in total. The number of amides is 1. The van der Waals surface area contributed by atoms with E-state index in [9.17, 15) is 9.59 Å². The zero-order valence-electron chi connectivity index (χ0n) is 22.7. The van der Waals surface area contributed by atoms with Crippen molar-refractivity contribution in [3.05, 3.63) is 95.2 Å². The van der Waals surface area contributed by atoms with Crippen LogP contribution < -0.4 is 10.1 Å². The minimum Gasteiger partial charge on any atom is -0.457 e. The van der Waals surface area contributed by atoms with Gasteiger partial charge in [-0.3, -0.25) is 14.5 Å². The number of hydrogen-bond donors (Lipinski definition) is 1. The van der Waals surface area contributed by atoms with Gasteiger partial charge in [-0.2, -0.15) is 0 Å². The summed E-state index contributed by atoms with van der Waals surface area (Å²) in [5, 5.41) is 4.73. The summed E-state index contributed by atoms with van der Waals surface area (Å²) < 4.78 is 6.07. The number of pyridine rings is 1. The SMILES string of the molecule is CCC(=O)c1cccc2cc(Oc3ccnc(NC(=O)c4ccc(CN5CCN(C)CC5)c(C)c4)c3)ccc12. The molecular weight excluding hydrogens is 488 g/mol. The molecule has 1 fully saturated rings. The second-order valence-electron chi connectivity index (χ2n) is 10.1. The zero-order chi connectivity index (χ0) is 27.4. The quantitative estimate of drug-likeness (QED) is 0.289. The number of nitrogens with one attached hydrogen (secondary N) is 1. The molecular formula is C32H34N4O3. The Morgan fingerprint density at radius 1 is 0.949 bits per heavy atom. The molecule has 1 saturated heterocycles. The van der Waals surface area contributed by atoms with Gasteiger partial charge in [0.1, 0.15) is 17.3 Å². The number of carbonyl (C=O) groups is 2. The number of nitrogens with zero attached hydrogens (tertiary/aromatic N) is 3. The van der Waals surface area contributed by atoms with Crippen LogP contribution in [0.2, 0.25) is 0 Å². The van der Waals surface area contributed by atoms with Gasteiger partial charge in [0.25, 0.3) is 5.91 Å². The molecule has 0 aliphatic carbocycles. The fourth-order valence-corrected chi connectivity index (χ4v) is 4.89. The van der Waals surface area contributed by atoms with Crippen molar-refractivity contribution in [3.8, 4) is 11.5 Å². The Hall–Kier alpha value is -4.07. The Bertz CT molecular complexity index is 1510. The number of piperazine rings is 1. The van der Waals surface area contributed by atoms with E-state index in [4.69, 9.17) is 4.74 Å². The predicted octanol–water partition coefficient (Wildman–Crippen LogP) is 5.93. The van der Waals surface area contributed by atoms with E-state index < -0.39 is 0 Å². The Kier molecular flexibility index (Phi) is 8.00. The van der Waals surface area contributed by atoms with Gasteiger partial charge in [0.05, 0.1) is 0 Å². The van der Waals surface area contributed by atoms with Crippen LogP contribution in [-0.4, -0.2) is 59.7 Å². The summed E-state index contributed by atoms with van der Waals surface area (Å²) in [7, 11) is 2.16. The lowest BCUT2D eigenvalue weighted by Gasteiger charge is -2.32. The van der Waals surface area contributed by atoms with Crippen LogP contribution in [0.15, 0.2) is 72.9 Å². The third kappa shape index (κ3) is 6.33. The molecule has 1 aromatic heterocycles. The van der Waals surface area contributed by atoms with Crippen LogP contribution in [0.3, 0.4) is 0 Å². The van der Waals surface area contributed by atoms with Gasteiger partial charge in [-0.05, 0) is 72.3 Å². The summed E-state index contributed by atoms with van der Waals surface area (Å²) >= 11 is 0. The van der Waals surface area contributed by atoms with E-state index in [2.05, 4.69) is 40.1 Å². The van der Waals surface area contributed by atoms with E-state index in [1.165, 1.54) is 5.56 Å². The first-order chi connectivity index (χ1) is 18.9. The largest absolute Gasteiger partial charge is 0.457 e. The number of ketones is 1. The van der Waals surface area contributed by atoms with Crippen molar-refractivity contribution >= 4 is 28.3 Å². The number of carbonyl (C=O) groups excluding carboxylic acids is 2. The van der Waals surface area contributed by atoms with E-state index in [1.807, 2.05) is 55.5 Å². The smallest absolute Gasteiger partial charge is 0.256 e. The molecule has 7 heteroatoms. The molecule has 0 spiro atoms. The number of fused-ring (bicyclic) bond motifs is 1. The van der Waals surface area contributed by atoms with Crippen LogP contribution >= 0.6 is 0 Å². The van der Waals surface area contributed by atoms with Gasteiger partial charge in [-0.1, -0.05) is 31.2 Å². The lowest BCUT2D eigenvalue weighted by atomic mass is 10.00. The van der Waals surface area contributed by atoms with E-state index in [0.717, 1.165) is 54.6 Å². The van der Waals surface area contributed by atoms with Crippen molar-refractivity contribution in [1.82, 2.24) is 14.8 Å². The van der Waals surface area contributed by atoms with E-state index in [0.29, 0.717) is 29.3 Å². The van der Waals surface area contributed by atoms with Crippen molar-refractivity contribution in [3.63, 3.8) is 0 Å². The van der Waals surface area contributed by atoms with Gasteiger partial charge in [0.2, 0.25) is 0 Å². The first-order valence-electron chi connectivity index (χ1n) is 13.4. The van der Waals surface area contributed by atoms with Gasteiger partial charge in [-0.25, -0.2) is 4.98 Å². The third-order valence-electron chi connectivity index (χ3n) is 7.28. The van der Waals surface area contributed by atoms with E-state index in [-0.39, 0.29) is 11.7 Å². The normalized spacial score (nSPS) is 14.3.